The van der Waals surface area contributed by atoms with E-state index in [1.807, 2.05) is 68.4 Å². The van der Waals surface area contributed by atoms with E-state index in [2.05, 4.69) is 33.6 Å². The summed E-state index contributed by atoms with van der Waals surface area (Å²) in [5.74, 6) is 0.989. The number of nitrogen functional groups attached to an aromatic ring is 2. The molecule has 5 aromatic rings. The minimum absolute atomic E-state index is 0.0457. The fourth-order valence-electron chi connectivity index (χ4n) is 4.51. The van der Waals surface area contributed by atoms with Crippen molar-refractivity contribution in [3.8, 4) is 22.9 Å². The third-order valence-corrected chi connectivity index (χ3v) is 7.02. The summed E-state index contributed by atoms with van der Waals surface area (Å²) in [7, 11) is 0. The first-order valence-electron chi connectivity index (χ1n) is 14.4. The van der Waals surface area contributed by atoms with Crippen molar-refractivity contribution in [2.45, 2.75) is 27.7 Å². The smallest absolute Gasteiger partial charge is 0.153 e. The number of nitrogens with one attached hydrogen (secondary N) is 1. The number of aromatic hydroxyl groups is 2. The molecule has 0 saturated heterocycles. The molecule has 0 aliphatic carbocycles. The Morgan fingerprint density at radius 2 is 1.23 bits per heavy atom. The van der Waals surface area contributed by atoms with Gasteiger partial charge in [-0.15, -0.1) is 0 Å². The van der Waals surface area contributed by atoms with Gasteiger partial charge in [-0.1, -0.05) is 24.3 Å². The number of carbonyl (C=O) groups is 1. The number of hydrogen-bond donors (Lipinski definition) is 5. The second kappa shape index (κ2) is 15.7. The minimum atomic E-state index is 0.0457. The van der Waals surface area contributed by atoms with E-state index in [9.17, 15) is 15.0 Å². The lowest BCUT2D eigenvalue weighted by molar-refractivity contribution is 0.112. The van der Waals surface area contributed by atoms with Crippen molar-refractivity contribution < 1.29 is 15.0 Å². The van der Waals surface area contributed by atoms with Gasteiger partial charge >= 0.3 is 0 Å². The number of para-hydroxylation sites is 4. The molecule has 0 unspecified atom stereocenters. The average Bonchev–Trinajstić information content (AvgIpc) is 3.45. The van der Waals surface area contributed by atoms with Crippen LogP contribution in [0.1, 0.15) is 38.1 Å². The van der Waals surface area contributed by atoms with E-state index < -0.39 is 0 Å². The molecule has 5 rings (SSSR count). The van der Waals surface area contributed by atoms with Crippen LogP contribution in [0.3, 0.4) is 0 Å². The van der Waals surface area contributed by atoms with Crippen LogP contribution in [-0.2, 0) is 0 Å². The molecule has 0 spiro atoms. The van der Waals surface area contributed by atoms with E-state index >= 15 is 0 Å². The van der Waals surface area contributed by atoms with Gasteiger partial charge in [0.25, 0.3) is 0 Å². The molecular formula is C34H42N6O3. The van der Waals surface area contributed by atoms with Gasteiger partial charge in [-0.05, 0) is 76.2 Å². The Morgan fingerprint density at radius 3 is 1.70 bits per heavy atom. The Hall–Kier alpha value is -5.18. The second-order valence-corrected chi connectivity index (χ2v) is 9.64. The molecule has 7 N–H and O–H groups in total. The zero-order chi connectivity index (χ0) is 31.4. The monoisotopic (exact) mass is 582 g/mol. The number of nitrogens with zero attached hydrogens (tertiary/aromatic N) is 3. The molecular weight excluding hydrogens is 540 g/mol. The molecule has 0 fully saturated rings. The van der Waals surface area contributed by atoms with Crippen molar-refractivity contribution >= 4 is 40.1 Å². The number of phenolic OH excluding ortho intramolecular Hbond substituents is 2. The molecule has 4 aromatic carbocycles. The molecule has 1 aromatic heterocycles. The van der Waals surface area contributed by atoms with Crippen LogP contribution in [-0.4, -0.2) is 52.6 Å². The van der Waals surface area contributed by atoms with Crippen molar-refractivity contribution in [2.75, 3.05) is 47.4 Å². The number of nitrogens with two attached hydrogens (primary N) is 2. The Labute approximate surface area is 253 Å². The number of H-pyrrole nitrogens is 1. The fourth-order valence-corrected chi connectivity index (χ4v) is 4.51. The largest absolute Gasteiger partial charge is 0.507 e. The second-order valence-electron chi connectivity index (χ2n) is 9.64. The van der Waals surface area contributed by atoms with Crippen LogP contribution in [0.15, 0.2) is 84.9 Å². The van der Waals surface area contributed by atoms with Crippen LogP contribution < -0.4 is 21.3 Å². The molecule has 0 atom stereocenters. The lowest BCUT2D eigenvalue weighted by atomic mass is 10.1. The first-order chi connectivity index (χ1) is 20.8. The summed E-state index contributed by atoms with van der Waals surface area (Å²) < 4.78 is 0. The molecule has 9 nitrogen and oxygen atoms in total. The van der Waals surface area contributed by atoms with Gasteiger partial charge in [0.1, 0.15) is 17.3 Å². The lowest BCUT2D eigenvalue weighted by Gasteiger charge is -2.21. The van der Waals surface area contributed by atoms with E-state index in [0.29, 0.717) is 29.0 Å². The van der Waals surface area contributed by atoms with Gasteiger partial charge in [0, 0.05) is 49.7 Å². The van der Waals surface area contributed by atoms with Crippen molar-refractivity contribution in [1.82, 2.24) is 9.97 Å². The van der Waals surface area contributed by atoms with Crippen molar-refractivity contribution in [2.24, 2.45) is 0 Å². The maximum absolute atomic E-state index is 10.5. The van der Waals surface area contributed by atoms with E-state index in [4.69, 9.17) is 11.5 Å². The zero-order valence-corrected chi connectivity index (χ0v) is 25.3. The SMILES string of the molecule is CCN(CC)c1ccc(-c2nc3ccccc3[nH]2)c(O)c1.CCN(CC)c1ccc(C=O)c(O)c1.Nc1ccccc1N. The average molecular weight is 583 g/mol. The van der Waals surface area contributed by atoms with Gasteiger partial charge in [-0.25, -0.2) is 4.98 Å². The van der Waals surface area contributed by atoms with E-state index in [1.165, 1.54) is 0 Å². The first-order valence-corrected chi connectivity index (χ1v) is 14.4. The summed E-state index contributed by atoms with van der Waals surface area (Å²) in [5, 5.41) is 19.8. The topological polar surface area (TPSA) is 145 Å². The number of carbonyl (C=O) groups excluding carboxylic acids is 1. The van der Waals surface area contributed by atoms with Gasteiger partial charge in [0.15, 0.2) is 6.29 Å². The standard InChI is InChI=1S/C17H19N3O.C11H15NO2.C6H8N2/c1-3-20(4-2)12-9-10-13(16(21)11-12)17-18-14-7-5-6-8-15(14)19-17;1-3-12(4-2)10-6-5-9(8-13)11(14)7-10;7-5-3-1-2-4-6(5)8/h5-11,21H,3-4H2,1-2H3,(H,18,19);5-8,14H,3-4H2,1-2H3;1-4H,7-8H2. The number of fused-ring (bicyclic) bond motifs is 1. The van der Waals surface area contributed by atoms with Gasteiger partial charge in [0.2, 0.25) is 0 Å². The highest BCUT2D eigenvalue weighted by Crippen LogP contribution is 2.32. The summed E-state index contributed by atoms with van der Waals surface area (Å²) in [6, 6.07) is 25.9. The molecule has 0 amide bonds. The predicted molar refractivity (Wildman–Crippen MR) is 179 cm³/mol. The number of anilines is 4. The number of benzene rings is 4. The minimum Gasteiger partial charge on any atom is -0.507 e. The quantitative estimate of drug-likeness (QED) is 0.101. The Bertz CT molecular complexity index is 1560. The van der Waals surface area contributed by atoms with Crippen molar-refractivity contribution in [3.63, 3.8) is 0 Å². The first kappa shape index (κ1) is 32.3. The molecule has 0 radical (unpaired) electrons. The molecule has 0 bridgehead atoms. The maximum atomic E-state index is 10.5. The number of imidazole rings is 1. The van der Waals surface area contributed by atoms with Crippen LogP contribution in [0.25, 0.3) is 22.4 Å². The highest BCUT2D eigenvalue weighted by atomic mass is 16.3. The van der Waals surface area contributed by atoms with Crippen LogP contribution in [0, 0.1) is 0 Å². The number of phenols is 2. The Balaban J connectivity index is 0.000000198. The van der Waals surface area contributed by atoms with Crippen molar-refractivity contribution in [3.05, 3.63) is 90.5 Å². The highest BCUT2D eigenvalue weighted by Gasteiger charge is 2.12. The molecule has 0 aliphatic rings. The number of aromatic nitrogens is 2. The summed E-state index contributed by atoms with van der Waals surface area (Å²) in [5.41, 5.74) is 17.0. The van der Waals surface area contributed by atoms with Crippen molar-refractivity contribution in [1.29, 1.82) is 0 Å². The molecule has 1 heterocycles. The van der Waals surface area contributed by atoms with E-state index in [1.54, 1.807) is 30.3 Å². The number of aldehydes is 1. The molecule has 43 heavy (non-hydrogen) atoms. The number of hydrogen-bond acceptors (Lipinski definition) is 8. The highest BCUT2D eigenvalue weighted by molar-refractivity contribution is 5.81. The predicted octanol–water partition coefficient (Wildman–Crippen LogP) is 6.68. The van der Waals surface area contributed by atoms with Gasteiger partial charge in [-0.3, -0.25) is 4.79 Å². The lowest BCUT2D eigenvalue weighted by Crippen LogP contribution is -2.21. The third-order valence-electron chi connectivity index (χ3n) is 7.02. The maximum Gasteiger partial charge on any atom is 0.153 e. The Morgan fingerprint density at radius 1 is 0.721 bits per heavy atom. The molecule has 226 valence electrons. The van der Waals surface area contributed by atoms with Crippen LogP contribution in [0.5, 0.6) is 11.5 Å². The van der Waals surface area contributed by atoms with E-state index in [0.717, 1.165) is 54.2 Å². The van der Waals surface area contributed by atoms with Crippen LogP contribution in [0.4, 0.5) is 22.7 Å². The van der Waals surface area contributed by atoms with Gasteiger partial charge in [-0.2, -0.15) is 0 Å². The zero-order valence-electron chi connectivity index (χ0n) is 25.3. The summed E-state index contributed by atoms with van der Waals surface area (Å²) in [6.07, 6.45) is 0.654. The summed E-state index contributed by atoms with van der Waals surface area (Å²) in [4.78, 5) is 22.6. The fraction of sp³-hybridized carbons (Fsp3) is 0.235. The van der Waals surface area contributed by atoms with Gasteiger partial charge in [0.05, 0.1) is 33.5 Å². The molecule has 0 aliphatic heterocycles. The number of rotatable bonds is 8. The third kappa shape index (κ3) is 8.42. The molecule has 9 heteroatoms. The van der Waals surface area contributed by atoms with Crippen LogP contribution in [0.2, 0.25) is 0 Å². The van der Waals surface area contributed by atoms with E-state index in [-0.39, 0.29) is 11.5 Å². The van der Waals surface area contributed by atoms with Crippen LogP contribution >= 0.6 is 0 Å². The molecule has 0 saturated carbocycles. The normalized spacial score (nSPS) is 10.2. The van der Waals surface area contributed by atoms with Gasteiger partial charge < -0.3 is 36.5 Å². The Kier molecular flexibility index (Phi) is 11.8. The number of aromatic amines is 1. The summed E-state index contributed by atoms with van der Waals surface area (Å²) >= 11 is 0. The summed E-state index contributed by atoms with van der Waals surface area (Å²) in [6.45, 7) is 11.9.